The normalized spacial score (nSPS) is 12.1. The van der Waals surface area contributed by atoms with E-state index in [0.29, 0.717) is 5.56 Å². The predicted octanol–water partition coefficient (Wildman–Crippen LogP) is 2.32. The van der Waals surface area contributed by atoms with Crippen LogP contribution in [0.15, 0.2) is 48.5 Å². The van der Waals surface area contributed by atoms with Crippen LogP contribution in [0.5, 0.6) is 0 Å². The number of methoxy groups -OCH3 is 1. The summed E-state index contributed by atoms with van der Waals surface area (Å²) in [5, 5.41) is 2.42. The Bertz CT molecular complexity index is 879. The van der Waals surface area contributed by atoms with Crippen molar-refractivity contribution in [3.63, 3.8) is 0 Å². The molecule has 0 saturated heterocycles. The van der Waals surface area contributed by atoms with Gasteiger partial charge in [-0.1, -0.05) is 18.2 Å². The first kappa shape index (κ1) is 20.9. The first-order valence-corrected chi connectivity index (χ1v) is 8.06. The number of esters is 1. The lowest BCUT2D eigenvalue weighted by Crippen LogP contribution is -2.45. The van der Waals surface area contributed by atoms with E-state index < -0.39 is 35.6 Å². The number of hydrogen-bond donors (Lipinski definition) is 2. The molecule has 0 bridgehead atoms. The third-order valence-electron chi connectivity index (χ3n) is 3.92. The van der Waals surface area contributed by atoms with E-state index in [-0.39, 0.29) is 17.5 Å². The van der Waals surface area contributed by atoms with E-state index in [0.717, 1.165) is 12.1 Å². The molecule has 3 N–H and O–H groups in total. The zero-order valence-corrected chi connectivity index (χ0v) is 14.7. The lowest BCUT2D eigenvalue weighted by molar-refractivity contribution is -0.137. The maximum atomic E-state index is 12.6. The minimum atomic E-state index is -4.47. The third-order valence-corrected chi connectivity index (χ3v) is 3.92. The maximum Gasteiger partial charge on any atom is 0.416 e. The summed E-state index contributed by atoms with van der Waals surface area (Å²) in [4.78, 5) is 35.6. The molecule has 0 heterocycles. The van der Waals surface area contributed by atoms with Gasteiger partial charge in [0.05, 0.1) is 18.2 Å². The lowest BCUT2D eigenvalue weighted by atomic mass is 10.0. The van der Waals surface area contributed by atoms with Gasteiger partial charge in [-0.05, 0) is 35.9 Å². The van der Waals surface area contributed by atoms with Crippen molar-refractivity contribution in [1.82, 2.24) is 5.32 Å². The molecule has 28 heavy (non-hydrogen) atoms. The number of ether oxygens (including phenoxy) is 1. The van der Waals surface area contributed by atoms with Crippen LogP contribution in [-0.4, -0.2) is 30.9 Å². The van der Waals surface area contributed by atoms with E-state index in [1.165, 1.54) is 43.5 Å². The molecule has 2 aromatic carbocycles. The van der Waals surface area contributed by atoms with Crippen molar-refractivity contribution in [1.29, 1.82) is 0 Å². The highest BCUT2D eigenvalue weighted by Gasteiger charge is 2.30. The number of alkyl halides is 3. The van der Waals surface area contributed by atoms with Crippen molar-refractivity contribution in [2.24, 2.45) is 5.73 Å². The lowest BCUT2D eigenvalue weighted by Gasteiger charge is -2.16. The fraction of sp³-hybridized carbons (Fsp3) is 0.211. The Balaban J connectivity index is 2.14. The first-order chi connectivity index (χ1) is 13.1. The molecule has 0 saturated carbocycles. The Morgan fingerprint density at radius 1 is 1.07 bits per heavy atom. The number of primary amides is 1. The quantitative estimate of drug-likeness (QED) is 0.735. The smallest absolute Gasteiger partial charge is 0.416 e. The van der Waals surface area contributed by atoms with Gasteiger partial charge in [0, 0.05) is 12.0 Å². The third kappa shape index (κ3) is 5.32. The fourth-order valence-electron chi connectivity index (χ4n) is 2.44. The van der Waals surface area contributed by atoms with Crippen molar-refractivity contribution in [3.05, 3.63) is 70.8 Å². The van der Waals surface area contributed by atoms with Gasteiger partial charge in [-0.2, -0.15) is 13.2 Å². The average Bonchev–Trinajstić information content (AvgIpc) is 2.66. The molecule has 0 aliphatic heterocycles. The second-order valence-corrected chi connectivity index (χ2v) is 5.90. The van der Waals surface area contributed by atoms with Crippen molar-refractivity contribution in [2.45, 2.75) is 18.6 Å². The summed E-state index contributed by atoms with van der Waals surface area (Å²) in [6.45, 7) is 0. The number of amides is 2. The molecule has 0 aliphatic rings. The zero-order valence-electron chi connectivity index (χ0n) is 14.7. The molecule has 0 spiro atoms. The van der Waals surface area contributed by atoms with E-state index in [9.17, 15) is 27.6 Å². The molecule has 6 nitrogen and oxygen atoms in total. The molecule has 0 fully saturated rings. The van der Waals surface area contributed by atoms with Crippen LogP contribution in [0.1, 0.15) is 31.8 Å². The largest absolute Gasteiger partial charge is 0.465 e. The summed E-state index contributed by atoms with van der Waals surface area (Å²) in [5.74, 6) is -2.15. The summed E-state index contributed by atoms with van der Waals surface area (Å²) in [7, 11) is 1.20. The van der Waals surface area contributed by atoms with E-state index >= 15 is 0 Å². The average molecular weight is 394 g/mol. The van der Waals surface area contributed by atoms with Gasteiger partial charge in [-0.25, -0.2) is 4.79 Å². The van der Waals surface area contributed by atoms with Gasteiger partial charge in [0.15, 0.2) is 0 Å². The van der Waals surface area contributed by atoms with Crippen LogP contribution in [-0.2, 0) is 22.1 Å². The number of nitrogens with one attached hydrogen (secondary N) is 1. The van der Waals surface area contributed by atoms with Crippen molar-refractivity contribution in [3.8, 4) is 0 Å². The van der Waals surface area contributed by atoms with Crippen LogP contribution in [0.4, 0.5) is 13.2 Å². The fourth-order valence-corrected chi connectivity index (χ4v) is 2.44. The first-order valence-electron chi connectivity index (χ1n) is 8.06. The number of benzene rings is 2. The maximum absolute atomic E-state index is 12.6. The molecule has 0 aromatic heterocycles. The number of halogens is 3. The minimum Gasteiger partial charge on any atom is -0.465 e. The summed E-state index contributed by atoms with van der Waals surface area (Å²) in [5.41, 5.74) is 5.11. The van der Waals surface area contributed by atoms with Gasteiger partial charge >= 0.3 is 12.1 Å². The molecule has 2 rings (SSSR count). The molecule has 2 amide bonds. The topological polar surface area (TPSA) is 98.5 Å². The van der Waals surface area contributed by atoms with Gasteiger partial charge in [-0.3, -0.25) is 9.59 Å². The van der Waals surface area contributed by atoms with Gasteiger partial charge in [0.1, 0.15) is 6.04 Å². The van der Waals surface area contributed by atoms with Crippen LogP contribution in [0.2, 0.25) is 0 Å². The van der Waals surface area contributed by atoms with E-state index in [4.69, 9.17) is 5.73 Å². The number of hydrogen-bond acceptors (Lipinski definition) is 4. The van der Waals surface area contributed by atoms with Crippen LogP contribution in [0, 0.1) is 0 Å². The van der Waals surface area contributed by atoms with Gasteiger partial charge < -0.3 is 15.8 Å². The molecular formula is C19H17F3N2O4. The molecule has 148 valence electrons. The molecule has 2 aromatic rings. The zero-order chi connectivity index (χ0) is 20.9. The summed E-state index contributed by atoms with van der Waals surface area (Å²) >= 11 is 0. The molecule has 0 aliphatic carbocycles. The summed E-state index contributed by atoms with van der Waals surface area (Å²) < 4.78 is 42.4. The van der Waals surface area contributed by atoms with Crippen molar-refractivity contribution >= 4 is 17.8 Å². The second-order valence-electron chi connectivity index (χ2n) is 5.90. The molecule has 0 unspecified atom stereocenters. The van der Waals surface area contributed by atoms with Crippen LogP contribution in [0.25, 0.3) is 0 Å². The second kappa shape index (κ2) is 8.55. The summed E-state index contributed by atoms with van der Waals surface area (Å²) in [6, 6.07) is 8.68. The van der Waals surface area contributed by atoms with Gasteiger partial charge in [0.25, 0.3) is 5.91 Å². The van der Waals surface area contributed by atoms with E-state index in [2.05, 4.69) is 10.1 Å². The standard InChI is InChI=1S/C19H17F3N2O4/c1-28-18(27)13-4-2-3-12(10-13)17(26)24-15(16(23)25)9-11-5-7-14(8-6-11)19(20,21)22/h2-8,10,15H,9H2,1H3,(H2,23,25)(H,24,26)/t15-/m1/s1. The van der Waals surface area contributed by atoms with Gasteiger partial charge in [-0.15, -0.1) is 0 Å². The SMILES string of the molecule is COC(=O)c1cccc(C(=O)N[C@H](Cc2ccc(C(F)(F)F)cc2)C(N)=O)c1. The Labute approximate surface area is 158 Å². The Morgan fingerprint density at radius 3 is 2.21 bits per heavy atom. The van der Waals surface area contributed by atoms with Crippen molar-refractivity contribution < 1.29 is 32.3 Å². The predicted molar refractivity (Wildman–Crippen MR) is 93.4 cm³/mol. The number of rotatable bonds is 6. The van der Waals surface area contributed by atoms with Gasteiger partial charge in [0.2, 0.25) is 5.91 Å². The Morgan fingerprint density at radius 2 is 1.68 bits per heavy atom. The molecule has 0 radical (unpaired) electrons. The molecule has 9 heteroatoms. The Hall–Kier alpha value is -3.36. The number of nitrogens with two attached hydrogens (primary N) is 1. The minimum absolute atomic E-state index is 0.0874. The van der Waals surface area contributed by atoms with E-state index in [1.807, 2.05) is 0 Å². The van der Waals surface area contributed by atoms with Crippen molar-refractivity contribution in [2.75, 3.05) is 7.11 Å². The highest BCUT2D eigenvalue weighted by atomic mass is 19.4. The molecule has 1 atom stereocenters. The molecular weight excluding hydrogens is 377 g/mol. The Kier molecular flexibility index (Phi) is 6.40. The highest BCUT2D eigenvalue weighted by Crippen LogP contribution is 2.29. The van der Waals surface area contributed by atoms with E-state index in [1.54, 1.807) is 0 Å². The number of carbonyl (C=O) groups is 3. The number of carbonyl (C=O) groups excluding carboxylic acids is 3. The van der Waals surface area contributed by atoms with Crippen LogP contribution in [0.3, 0.4) is 0 Å². The monoisotopic (exact) mass is 394 g/mol. The van der Waals surface area contributed by atoms with Crippen LogP contribution >= 0.6 is 0 Å². The van der Waals surface area contributed by atoms with Crippen LogP contribution < -0.4 is 11.1 Å². The summed E-state index contributed by atoms with van der Waals surface area (Å²) in [6.07, 6.45) is -4.56. The highest BCUT2D eigenvalue weighted by molar-refractivity contribution is 5.99.